The highest BCUT2D eigenvalue weighted by Gasteiger charge is 2.16. The smallest absolute Gasteiger partial charge is 0.125 e. The second-order valence-electron chi connectivity index (χ2n) is 4.91. The van der Waals surface area contributed by atoms with Crippen LogP contribution in [0.15, 0.2) is 9.85 Å². The highest BCUT2D eigenvalue weighted by molar-refractivity contribution is 9.11. The highest BCUT2D eigenvalue weighted by Crippen LogP contribution is 2.37. The largest absolute Gasteiger partial charge is 0.314 e. The van der Waals surface area contributed by atoms with Crippen molar-refractivity contribution in [3.05, 3.63) is 37.8 Å². The molecule has 0 spiro atoms. The number of benzene rings is 1. The van der Waals surface area contributed by atoms with Crippen LogP contribution in [-0.4, -0.2) is 12.0 Å². The quantitative estimate of drug-likeness (QED) is 0.889. The van der Waals surface area contributed by atoms with Gasteiger partial charge in [-0.3, -0.25) is 0 Å². The lowest BCUT2D eigenvalue weighted by molar-refractivity contribution is 0.795. The van der Waals surface area contributed by atoms with E-state index in [2.05, 4.69) is 55.0 Å². The topological polar surface area (TPSA) is 24.9 Å². The molecule has 0 unspecified atom stereocenters. The van der Waals surface area contributed by atoms with Crippen molar-refractivity contribution in [3.63, 3.8) is 0 Å². The maximum atomic E-state index is 4.78. The first-order valence-corrected chi connectivity index (χ1v) is 7.94. The molecule has 1 N–H and O–H groups in total. The minimum absolute atomic E-state index is 0.792. The maximum absolute atomic E-state index is 4.78. The Hall–Kier alpha value is -0.710. The minimum atomic E-state index is 0.792. The number of hydrogen-bond donors (Lipinski definition) is 1. The molecule has 0 aliphatic heterocycles. The van der Waals surface area contributed by atoms with E-state index in [1.807, 2.05) is 7.05 Å². The van der Waals surface area contributed by atoms with E-state index in [4.69, 9.17) is 4.98 Å². The zero-order valence-corrected chi connectivity index (χ0v) is 14.4. The fourth-order valence-corrected chi connectivity index (χ4v) is 3.91. The number of nitrogens with zero attached hydrogens (tertiary/aromatic N) is 1. The van der Waals surface area contributed by atoms with Crippen LogP contribution in [0.25, 0.3) is 10.6 Å². The molecule has 2 rings (SSSR count). The van der Waals surface area contributed by atoms with Gasteiger partial charge >= 0.3 is 0 Å². The molecule has 1 heterocycles. The standard InChI is InChI=1S/C15H19BrN2S/c1-8-6-9(2)11(4)13(10(8)3)15-18-12(7-17-5)14(16)19-15/h6,17H,7H2,1-5H3. The number of rotatable bonds is 3. The van der Waals surface area contributed by atoms with Crippen LogP contribution in [0, 0.1) is 27.7 Å². The monoisotopic (exact) mass is 338 g/mol. The van der Waals surface area contributed by atoms with Crippen LogP contribution in [0.1, 0.15) is 27.9 Å². The second-order valence-corrected chi connectivity index (χ2v) is 7.22. The Bertz CT molecular complexity index is 591. The van der Waals surface area contributed by atoms with Gasteiger partial charge in [0, 0.05) is 12.1 Å². The number of hydrogen-bond acceptors (Lipinski definition) is 3. The van der Waals surface area contributed by atoms with Crippen LogP contribution < -0.4 is 5.32 Å². The third-order valence-electron chi connectivity index (χ3n) is 3.57. The number of halogens is 1. The lowest BCUT2D eigenvalue weighted by atomic mass is 9.95. The van der Waals surface area contributed by atoms with E-state index in [0.29, 0.717) is 0 Å². The van der Waals surface area contributed by atoms with E-state index in [1.165, 1.54) is 27.8 Å². The van der Waals surface area contributed by atoms with Crippen molar-refractivity contribution in [1.29, 1.82) is 0 Å². The molecule has 1 aromatic carbocycles. The van der Waals surface area contributed by atoms with Crippen LogP contribution in [-0.2, 0) is 6.54 Å². The molecule has 1 aromatic heterocycles. The zero-order valence-electron chi connectivity index (χ0n) is 12.0. The SMILES string of the molecule is CNCc1nc(-c2c(C)c(C)cc(C)c2C)sc1Br. The van der Waals surface area contributed by atoms with Gasteiger partial charge in [0.2, 0.25) is 0 Å². The van der Waals surface area contributed by atoms with Crippen molar-refractivity contribution < 1.29 is 0 Å². The summed E-state index contributed by atoms with van der Waals surface area (Å²) in [5.74, 6) is 0. The first kappa shape index (κ1) is 14.7. The lowest BCUT2D eigenvalue weighted by Crippen LogP contribution is -2.05. The van der Waals surface area contributed by atoms with Crippen molar-refractivity contribution in [1.82, 2.24) is 10.3 Å². The van der Waals surface area contributed by atoms with Crippen molar-refractivity contribution in [3.8, 4) is 10.6 Å². The molecule has 0 bridgehead atoms. The number of nitrogens with one attached hydrogen (secondary N) is 1. The molecule has 0 radical (unpaired) electrons. The fraction of sp³-hybridized carbons (Fsp3) is 0.400. The Morgan fingerprint density at radius 2 is 1.74 bits per heavy atom. The third-order valence-corrected chi connectivity index (χ3v) is 5.42. The van der Waals surface area contributed by atoms with Gasteiger partial charge in [-0.05, 0) is 72.9 Å². The molecule has 0 fully saturated rings. The fourth-order valence-electron chi connectivity index (χ4n) is 2.25. The first-order chi connectivity index (χ1) is 8.95. The average Bonchev–Trinajstić information content (AvgIpc) is 2.69. The molecule has 2 aromatic rings. The van der Waals surface area contributed by atoms with Crippen LogP contribution in [0.5, 0.6) is 0 Å². The van der Waals surface area contributed by atoms with Crippen molar-refractivity contribution in [2.24, 2.45) is 0 Å². The van der Waals surface area contributed by atoms with E-state index in [9.17, 15) is 0 Å². The summed E-state index contributed by atoms with van der Waals surface area (Å²) >= 11 is 5.34. The van der Waals surface area contributed by atoms with Gasteiger partial charge in [-0.2, -0.15) is 0 Å². The summed E-state index contributed by atoms with van der Waals surface area (Å²) < 4.78 is 1.12. The Kier molecular flexibility index (Phi) is 4.43. The Balaban J connectivity index is 2.62. The van der Waals surface area contributed by atoms with Gasteiger partial charge in [-0.15, -0.1) is 11.3 Å². The molecule has 4 heteroatoms. The normalized spacial score (nSPS) is 11.1. The van der Waals surface area contributed by atoms with Crippen LogP contribution in [0.4, 0.5) is 0 Å². The van der Waals surface area contributed by atoms with E-state index in [0.717, 1.165) is 21.0 Å². The average molecular weight is 339 g/mol. The van der Waals surface area contributed by atoms with Crippen LogP contribution in [0.2, 0.25) is 0 Å². The predicted molar refractivity (Wildman–Crippen MR) is 87.0 cm³/mol. The van der Waals surface area contributed by atoms with Gasteiger partial charge in [-0.1, -0.05) is 6.07 Å². The molecule has 0 aliphatic carbocycles. The summed E-state index contributed by atoms with van der Waals surface area (Å²) in [6, 6.07) is 2.26. The van der Waals surface area contributed by atoms with E-state index in [1.54, 1.807) is 11.3 Å². The van der Waals surface area contributed by atoms with Gasteiger partial charge in [0.15, 0.2) is 0 Å². The summed E-state index contributed by atoms with van der Waals surface area (Å²) in [5, 5.41) is 4.27. The van der Waals surface area contributed by atoms with E-state index < -0.39 is 0 Å². The van der Waals surface area contributed by atoms with Crippen molar-refractivity contribution >= 4 is 27.3 Å². The molecule has 102 valence electrons. The molecular formula is C15H19BrN2S. The first-order valence-electron chi connectivity index (χ1n) is 6.33. The molecule has 2 nitrogen and oxygen atoms in total. The number of aromatic nitrogens is 1. The summed E-state index contributed by atoms with van der Waals surface area (Å²) in [6.45, 7) is 9.50. The summed E-state index contributed by atoms with van der Waals surface area (Å²) in [7, 11) is 1.94. The molecular weight excluding hydrogens is 320 g/mol. The minimum Gasteiger partial charge on any atom is -0.314 e. The lowest BCUT2D eigenvalue weighted by Gasteiger charge is -2.13. The van der Waals surface area contributed by atoms with E-state index >= 15 is 0 Å². The van der Waals surface area contributed by atoms with Gasteiger partial charge in [0.25, 0.3) is 0 Å². The Morgan fingerprint density at radius 3 is 2.26 bits per heavy atom. The summed E-state index contributed by atoms with van der Waals surface area (Å²) in [4.78, 5) is 4.78. The van der Waals surface area contributed by atoms with Gasteiger partial charge < -0.3 is 5.32 Å². The second kappa shape index (κ2) is 5.73. The van der Waals surface area contributed by atoms with E-state index in [-0.39, 0.29) is 0 Å². The molecule has 0 saturated heterocycles. The molecule has 19 heavy (non-hydrogen) atoms. The van der Waals surface area contributed by atoms with Gasteiger partial charge in [0.1, 0.15) is 5.01 Å². The van der Waals surface area contributed by atoms with Gasteiger partial charge in [-0.25, -0.2) is 4.98 Å². The Labute approximate surface area is 127 Å². The van der Waals surface area contributed by atoms with Crippen molar-refractivity contribution in [2.45, 2.75) is 34.2 Å². The number of thiazole rings is 1. The summed E-state index contributed by atoms with van der Waals surface area (Å²) in [6.07, 6.45) is 0. The molecule has 0 atom stereocenters. The molecule has 0 aliphatic rings. The summed E-state index contributed by atoms with van der Waals surface area (Å²) in [5.41, 5.74) is 7.71. The van der Waals surface area contributed by atoms with Crippen LogP contribution in [0.3, 0.4) is 0 Å². The number of aryl methyl sites for hydroxylation is 2. The van der Waals surface area contributed by atoms with Crippen molar-refractivity contribution in [2.75, 3.05) is 7.05 Å². The predicted octanol–water partition coefficient (Wildman–Crippen LogP) is 4.53. The zero-order chi connectivity index (χ0) is 14.2. The van der Waals surface area contributed by atoms with Gasteiger partial charge in [0.05, 0.1) is 9.48 Å². The molecule has 0 amide bonds. The van der Waals surface area contributed by atoms with Crippen LogP contribution >= 0.6 is 27.3 Å². The molecule has 0 saturated carbocycles. The Morgan fingerprint density at radius 1 is 1.16 bits per heavy atom. The maximum Gasteiger partial charge on any atom is 0.125 e. The highest BCUT2D eigenvalue weighted by atomic mass is 79.9. The third kappa shape index (κ3) is 2.76.